The Morgan fingerprint density at radius 2 is 1.94 bits per heavy atom. The molecule has 3 heteroatoms. The molecule has 0 aromatic heterocycles. The van der Waals surface area contributed by atoms with Crippen LogP contribution < -0.4 is 4.74 Å². The second-order valence-electron chi connectivity index (χ2n) is 4.36. The van der Waals surface area contributed by atoms with Crippen LogP contribution >= 0.6 is 0 Å². The minimum absolute atomic E-state index is 0.0304. The van der Waals surface area contributed by atoms with Gasteiger partial charge >= 0.3 is 0 Å². The molecule has 0 unspecified atom stereocenters. The number of carbonyl (C=O) groups excluding carboxylic acids is 1. The molecule has 1 aliphatic heterocycles. The van der Waals surface area contributed by atoms with Gasteiger partial charge in [-0.2, -0.15) is 0 Å². The van der Waals surface area contributed by atoms with E-state index in [1.165, 1.54) is 0 Å². The van der Waals surface area contributed by atoms with Crippen LogP contribution in [0, 0.1) is 0 Å². The van der Waals surface area contributed by atoms with Gasteiger partial charge in [-0.05, 0) is 37.6 Å². The molecule has 0 bridgehead atoms. The fourth-order valence-corrected chi connectivity index (χ4v) is 1.59. The summed E-state index contributed by atoms with van der Waals surface area (Å²) in [5.41, 5.74) is 2.51. The molecule has 0 atom stereocenters. The average molecular weight is 232 g/mol. The van der Waals surface area contributed by atoms with Crippen molar-refractivity contribution in [3.05, 3.63) is 35.9 Å². The van der Waals surface area contributed by atoms with E-state index >= 15 is 0 Å². The lowest BCUT2D eigenvalue weighted by molar-refractivity contribution is -0.0797. The Morgan fingerprint density at radius 3 is 2.41 bits per heavy atom. The van der Waals surface area contributed by atoms with Crippen molar-refractivity contribution in [2.45, 2.75) is 20.0 Å². The van der Waals surface area contributed by atoms with Crippen LogP contribution in [-0.2, 0) is 4.74 Å². The van der Waals surface area contributed by atoms with Crippen LogP contribution in [0.15, 0.2) is 24.8 Å². The highest BCUT2D eigenvalue weighted by atomic mass is 16.6. The van der Waals surface area contributed by atoms with Gasteiger partial charge in [0.25, 0.3) is 0 Å². The van der Waals surface area contributed by atoms with Crippen LogP contribution in [0.5, 0.6) is 5.75 Å². The van der Waals surface area contributed by atoms with Crippen LogP contribution in [0.4, 0.5) is 0 Å². The van der Waals surface area contributed by atoms with E-state index in [2.05, 4.69) is 6.58 Å². The van der Waals surface area contributed by atoms with E-state index in [0.29, 0.717) is 24.5 Å². The second-order valence-corrected chi connectivity index (χ2v) is 4.36. The Labute approximate surface area is 101 Å². The lowest BCUT2D eigenvalue weighted by Crippen LogP contribution is -2.38. The monoisotopic (exact) mass is 232 g/mol. The minimum atomic E-state index is 0.0304. The number of Topliss-reactive ketones (excluding diaryl/α,β-unsaturated/α-hetero) is 1. The quantitative estimate of drug-likeness (QED) is 0.749. The molecule has 90 valence electrons. The summed E-state index contributed by atoms with van der Waals surface area (Å²) in [6.07, 6.45) is 0.107. The molecule has 0 amide bonds. The normalized spacial score (nSPS) is 15.2. The van der Waals surface area contributed by atoms with Crippen LogP contribution in [0.2, 0.25) is 0 Å². The van der Waals surface area contributed by atoms with Gasteiger partial charge in [0.1, 0.15) is 11.9 Å². The molecule has 1 heterocycles. The highest BCUT2D eigenvalue weighted by Crippen LogP contribution is 2.24. The predicted octanol–water partition coefficient (Wildman–Crippen LogP) is 2.70. The number of carbonyl (C=O) groups is 1. The van der Waals surface area contributed by atoms with Crippen molar-refractivity contribution < 1.29 is 14.3 Å². The number of hydrogen-bond donors (Lipinski definition) is 0. The highest BCUT2D eigenvalue weighted by molar-refractivity contribution is 5.95. The molecule has 1 fully saturated rings. The fraction of sp³-hybridized carbons (Fsp3) is 0.357. The first kappa shape index (κ1) is 11.9. The largest absolute Gasteiger partial charge is 0.486 e. The number of hydrogen-bond acceptors (Lipinski definition) is 3. The van der Waals surface area contributed by atoms with Gasteiger partial charge in [0.15, 0.2) is 5.78 Å². The Hall–Kier alpha value is -1.61. The first-order valence-electron chi connectivity index (χ1n) is 5.62. The van der Waals surface area contributed by atoms with E-state index in [-0.39, 0.29) is 11.9 Å². The van der Waals surface area contributed by atoms with E-state index in [1.807, 2.05) is 19.1 Å². The zero-order chi connectivity index (χ0) is 12.4. The van der Waals surface area contributed by atoms with Crippen LogP contribution in [0.25, 0.3) is 5.57 Å². The van der Waals surface area contributed by atoms with E-state index in [1.54, 1.807) is 13.0 Å². The molecule has 1 aliphatic rings. The number of allylic oxidation sites excluding steroid dienone is 1. The summed E-state index contributed by atoms with van der Waals surface area (Å²) in [4.78, 5) is 11.4. The van der Waals surface area contributed by atoms with E-state index < -0.39 is 0 Å². The Balaban J connectivity index is 2.29. The summed E-state index contributed by atoms with van der Waals surface area (Å²) in [6.45, 7) is 8.59. The lowest BCUT2D eigenvalue weighted by atomic mass is 10.0. The predicted molar refractivity (Wildman–Crippen MR) is 66.4 cm³/mol. The van der Waals surface area contributed by atoms with Gasteiger partial charge in [0, 0.05) is 5.56 Å². The smallest absolute Gasteiger partial charge is 0.159 e. The van der Waals surface area contributed by atoms with Gasteiger partial charge in [-0.3, -0.25) is 4.79 Å². The Morgan fingerprint density at radius 1 is 1.29 bits per heavy atom. The maximum atomic E-state index is 11.4. The van der Waals surface area contributed by atoms with Crippen molar-refractivity contribution in [3.63, 3.8) is 0 Å². The van der Waals surface area contributed by atoms with Crippen LogP contribution in [0.3, 0.4) is 0 Å². The number of ketones is 1. The maximum Gasteiger partial charge on any atom is 0.159 e. The first-order valence-corrected chi connectivity index (χ1v) is 5.62. The third-order valence-corrected chi connectivity index (χ3v) is 2.72. The minimum Gasteiger partial charge on any atom is -0.486 e. The molecule has 0 saturated carbocycles. The number of rotatable bonds is 4. The molecular formula is C14H16O3. The van der Waals surface area contributed by atoms with E-state index in [9.17, 15) is 4.79 Å². The zero-order valence-corrected chi connectivity index (χ0v) is 10.2. The highest BCUT2D eigenvalue weighted by Gasteiger charge is 2.20. The van der Waals surface area contributed by atoms with Gasteiger partial charge in [0.05, 0.1) is 13.2 Å². The summed E-state index contributed by atoms with van der Waals surface area (Å²) >= 11 is 0. The lowest BCUT2D eigenvalue weighted by Gasteiger charge is -2.27. The van der Waals surface area contributed by atoms with Crippen molar-refractivity contribution in [3.8, 4) is 5.75 Å². The molecule has 2 rings (SSSR count). The molecular weight excluding hydrogens is 216 g/mol. The van der Waals surface area contributed by atoms with Gasteiger partial charge < -0.3 is 9.47 Å². The summed E-state index contributed by atoms with van der Waals surface area (Å²) in [6, 6.07) is 5.52. The third-order valence-electron chi connectivity index (χ3n) is 2.72. The standard InChI is InChI=1S/C14H16O3/c1-9(2)11-4-12(10(3)15)6-13(5-11)17-14-7-16-8-14/h4-6,14H,1,7-8H2,2-3H3. The van der Waals surface area contributed by atoms with Gasteiger partial charge in [-0.25, -0.2) is 0 Å². The van der Waals surface area contributed by atoms with E-state index in [4.69, 9.17) is 9.47 Å². The van der Waals surface area contributed by atoms with Crippen molar-refractivity contribution in [1.82, 2.24) is 0 Å². The van der Waals surface area contributed by atoms with Crippen LogP contribution in [0.1, 0.15) is 29.8 Å². The van der Waals surface area contributed by atoms with Gasteiger partial charge in [-0.1, -0.05) is 12.2 Å². The topological polar surface area (TPSA) is 35.5 Å². The molecule has 1 aromatic rings. The maximum absolute atomic E-state index is 11.4. The summed E-state index contributed by atoms with van der Waals surface area (Å²) in [5, 5.41) is 0. The first-order chi connectivity index (χ1) is 8.06. The zero-order valence-electron chi connectivity index (χ0n) is 10.2. The third kappa shape index (κ3) is 2.74. The Kier molecular flexibility index (Phi) is 3.29. The molecule has 0 N–H and O–H groups in total. The molecule has 1 aromatic carbocycles. The van der Waals surface area contributed by atoms with Gasteiger partial charge in [0.2, 0.25) is 0 Å². The SMILES string of the molecule is C=C(C)c1cc(OC2COC2)cc(C(C)=O)c1. The van der Waals surface area contributed by atoms with Crippen molar-refractivity contribution in [1.29, 1.82) is 0 Å². The molecule has 0 spiro atoms. The van der Waals surface area contributed by atoms with Crippen molar-refractivity contribution >= 4 is 11.4 Å². The molecule has 3 nitrogen and oxygen atoms in total. The molecule has 17 heavy (non-hydrogen) atoms. The second kappa shape index (κ2) is 4.72. The summed E-state index contributed by atoms with van der Waals surface area (Å²) in [7, 11) is 0. The Bertz CT molecular complexity index is 426. The molecule has 0 radical (unpaired) electrons. The van der Waals surface area contributed by atoms with Gasteiger partial charge in [-0.15, -0.1) is 0 Å². The number of benzene rings is 1. The molecule has 1 saturated heterocycles. The summed E-state index contributed by atoms with van der Waals surface area (Å²) in [5.74, 6) is 0.742. The van der Waals surface area contributed by atoms with Crippen molar-refractivity contribution in [2.24, 2.45) is 0 Å². The van der Waals surface area contributed by atoms with E-state index in [0.717, 1.165) is 11.1 Å². The average Bonchev–Trinajstić information content (AvgIpc) is 2.23. The fourth-order valence-electron chi connectivity index (χ4n) is 1.59. The molecule has 0 aliphatic carbocycles. The summed E-state index contributed by atoms with van der Waals surface area (Å²) < 4.78 is 10.8. The van der Waals surface area contributed by atoms with Crippen molar-refractivity contribution in [2.75, 3.05) is 13.2 Å². The van der Waals surface area contributed by atoms with Crippen LogP contribution in [-0.4, -0.2) is 25.1 Å². The number of ether oxygens (including phenoxy) is 2.